The predicted molar refractivity (Wildman–Crippen MR) is 58.7 cm³/mol. The normalized spacial score (nSPS) is 11.7. The Hall–Kier alpha value is -1.81. The number of nitrogen functional groups attached to an aromatic ring is 1. The summed E-state index contributed by atoms with van der Waals surface area (Å²) in [7, 11) is -4.15. The second-order valence-electron chi connectivity index (χ2n) is 3.22. The first-order valence-electron chi connectivity index (χ1n) is 4.56. The standard InChI is InChI=1S/C8H9F2N3O4S/c9-8(10)4-12-18(16,17)5-1-2-7(13(14)15)6(11)3-5/h1-3,8,12H,4,11H2. The lowest BCUT2D eigenvalue weighted by Gasteiger charge is -2.06. The molecule has 1 aromatic rings. The van der Waals surface area contributed by atoms with Crippen molar-refractivity contribution in [2.75, 3.05) is 12.3 Å². The van der Waals surface area contributed by atoms with Gasteiger partial charge in [-0.3, -0.25) is 10.1 Å². The van der Waals surface area contributed by atoms with Crippen LogP contribution in [0.15, 0.2) is 23.1 Å². The van der Waals surface area contributed by atoms with Crippen LogP contribution in [-0.2, 0) is 10.0 Å². The van der Waals surface area contributed by atoms with E-state index in [-0.39, 0.29) is 5.69 Å². The van der Waals surface area contributed by atoms with Crippen LogP contribution in [0.1, 0.15) is 0 Å². The lowest BCUT2D eigenvalue weighted by Crippen LogP contribution is -2.28. The molecule has 3 N–H and O–H groups in total. The van der Waals surface area contributed by atoms with Crippen molar-refractivity contribution in [2.24, 2.45) is 0 Å². The SMILES string of the molecule is Nc1cc(S(=O)(=O)NCC(F)F)ccc1[N+](=O)[O-]. The van der Waals surface area contributed by atoms with Crippen LogP contribution in [0.2, 0.25) is 0 Å². The average Bonchev–Trinajstić information content (AvgIpc) is 2.26. The number of nitrogens with zero attached hydrogens (tertiary/aromatic N) is 1. The Kier molecular flexibility index (Phi) is 4.14. The Balaban J connectivity index is 3.04. The van der Waals surface area contributed by atoms with Gasteiger partial charge in [-0.05, 0) is 12.1 Å². The number of sulfonamides is 1. The number of nitro benzene ring substituents is 1. The van der Waals surface area contributed by atoms with E-state index in [1.165, 1.54) is 0 Å². The van der Waals surface area contributed by atoms with Gasteiger partial charge in [0.25, 0.3) is 12.1 Å². The summed E-state index contributed by atoms with van der Waals surface area (Å²) in [5.74, 6) is 0. The molecule has 18 heavy (non-hydrogen) atoms. The minimum Gasteiger partial charge on any atom is -0.393 e. The van der Waals surface area contributed by atoms with Crippen molar-refractivity contribution in [1.82, 2.24) is 4.72 Å². The quantitative estimate of drug-likeness (QED) is 0.468. The van der Waals surface area contributed by atoms with Gasteiger partial charge in [0.1, 0.15) is 5.69 Å². The Morgan fingerprint density at radius 3 is 2.50 bits per heavy atom. The minimum atomic E-state index is -4.15. The molecule has 0 aliphatic heterocycles. The third-order valence-electron chi connectivity index (χ3n) is 1.93. The molecule has 0 fully saturated rings. The Bertz CT molecular complexity index is 561. The number of rotatable bonds is 5. The molecule has 0 saturated heterocycles. The van der Waals surface area contributed by atoms with Gasteiger partial charge in [0, 0.05) is 6.07 Å². The molecule has 0 bridgehead atoms. The molecule has 7 nitrogen and oxygen atoms in total. The largest absolute Gasteiger partial charge is 0.393 e. The summed E-state index contributed by atoms with van der Waals surface area (Å²) in [6, 6.07) is 2.65. The van der Waals surface area contributed by atoms with Crippen molar-refractivity contribution in [2.45, 2.75) is 11.3 Å². The van der Waals surface area contributed by atoms with Crippen LogP contribution in [0, 0.1) is 10.1 Å². The van der Waals surface area contributed by atoms with Gasteiger partial charge in [-0.2, -0.15) is 0 Å². The van der Waals surface area contributed by atoms with Crippen molar-refractivity contribution in [1.29, 1.82) is 0 Å². The molecule has 0 atom stereocenters. The van der Waals surface area contributed by atoms with Crippen LogP contribution in [0.25, 0.3) is 0 Å². The fourth-order valence-electron chi connectivity index (χ4n) is 1.12. The molecule has 0 aliphatic rings. The zero-order chi connectivity index (χ0) is 13.9. The summed E-state index contributed by atoms with van der Waals surface area (Å²) in [6.45, 7) is -1.04. The second-order valence-corrected chi connectivity index (χ2v) is 4.99. The number of hydrogen-bond donors (Lipinski definition) is 2. The maximum atomic E-state index is 11.9. The third kappa shape index (κ3) is 3.34. The zero-order valence-electron chi connectivity index (χ0n) is 8.84. The topological polar surface area (TPSA) is 115 Å². The van der Waals surface area contributed by atoms with Crippen molar-refractivity contribution >= 4 is 21.4 Å². The molecule has 100 valence electrons. The van der Waals surface area contributed by atoms with E-state index in [1.54, 1.807) is 4.72 Å². The molecule has 0 aliphatic carbocycles. The van der Waals surface area contributed by atoms with Gasteiger partial charge in [-0.25, -0.2) is 21.9 Å². The number of nitro groups is 1. The number of nitrogens with two attached hydrogens (primary N) is 1. The van der Waals surface area contributed by atoms with Crippen LogP contribution in [0.4, 0.5) is 20.2 Å². The minimum absolute atomic E-state index is 0.361. The molecule has 0 amide bonds. The van der Waals surface area contributed by atoms with Crippen LogP contribution in [0.3, 0.4) is 0 Å². The van der Waals surface area contributed by atoms with Crippen molar-refractivity contribution < 1.29 is 22.1 Å². The lowest BCUT2D eigenvalue weighted by atomic mass is 10.3. The van der Waals surface area contributed by atoms with Gasteiger partial charge in [-0.15, -0.1) is 0 Å². The predicted octanol–water partition coefficient (Wildman–Crippen LogP) is 0.720. The average molecular weight is 281 g/mol. The highest BCUT2D eigenvalue weighted by molar-refractivity contribution is 7.89. The molecule has 0 unspecified atom stereocenters. The van der Waals surface area contributed by atoms with E-state index < -0.39 is 38.5 Å². The summed E-state index contributed by atoms with van der Waals surface area (Å²) >= 11 is 0. The molecular weight excluding hydrogens is 272 g/mol. The maximum Gasteiger partial charge on any atom is 0.292 e. The van der Waals surface area contributed by atoms with Crippen LogP contribution in [-0.4, -0.2) is 26.3 Å². The number of hydrogen-bond acceptors (Lipinski definition) is 5. The molecule has 1 aromatic carbocycles. The second kappa shape index (κ2) is 5.23. The summed E-state index contributed by atoms with van der Waals surface area (Å²) < 4.78 is 48.4. The molecular formula is C8H9F2N3O4S. The van der Waals surface area contributed by atoms with Gasteiger partial charge >= 0.3 is 0 Å². The van der Waals surface area contributed by atoms with E-state index in [2.05, 4.69) is 0 Å². The zero-order valence-corrected chi connectivity index (χ0v) is 9.65. The van der Waals surface area contributed by atoms with E-state index in [1.807, 2.05) is 0 Å². The molecule has 0 aromatic heterocycles. The molecule has 0 radical (unpaired) electrons. The number of alkyl halides is 2. The first-order chi connectivity index (χ1) is 8.24. The van der Waals surface area contributed by atoms with Crippen molar-refractivity contribution in [3.63, 3.8) is 0 Å². The summed E-state index contributed by atoms with van der Waals surface area (Å²) in [4.78, 5) is 9.27. The highest BCUT2D eigenvalue weighted by Crippen LogP contribution is 2.24. The summed E-state index contributed by atoms with van der Waals surface area (Å²) in [5.41, 5.74) is 4.48. The van der Waals surface area contributed by atoms with Gasteiger partial charge in [0.15, 0.2) is 0 Å². The molecule has 1 rings (SSSR count). The summed E-state index contributed by atoms with van der Waals surface area (Å²) in [6.07, 6.45) is -2.84. The lowest BCUT2D eigenvalue weighted by molar-refractivity contribution is -0.383. The number of halogens is 2. The highest BCUT2D eigenvalue weighted by atomic mass is 32.2. The van der Waals surface area contributed by atoms with Crippen LogP contribution < -0.4 is 10.5 Å². The van der Waals surface area contributed by atoms with E-state index in [9.17, 15) is 27.3 Å². The van der Waals surface area contributed by atoms with Gasteiger partial charge in [0.2, 0.25) is 10.0 Å². The molecule has 0 heterocycles. The van der Waals surface area contributed by atoms with Gasteiger partial charge < -0.3 is 5.73 Å². The molecule has 0 spiro atoms. The van der Waals surface area contributed by atoms with Crippen LogP contribution >= 0.6 is 0 Å². The fraction of sp³-hybridized carbons (Fsp3) is 0.250. The molecule has 10 heteroatoms. The summed E-state index contributed by atoms with van der Waals surface area (Å²) in [5, 5.41) is 10.5. The molecule has 0 saturated carbocycles. The monoisotopic (exact) mass is 281 g/mol. The Labute approximate surface area is 101 Å². The first-order valence-corrected chi connectivity index (χ1v) is 6.04. The Morgan fingerprint density at radius 2 is 2.06 bits per heavy atom. The van der Waals surface area contributed by atoms with Gasteiger partial charge in [0.05, 0.1) is 16.4 Å². The van der Waals surface area contributed by atoms with Gasteiger partial charge in [-0.1, -0.05) is 0 Å². The van der Waals surface area contributed by atoms with Crippen molar-refractivity contribution in [3.8, 4) is 0 Å². The third-order valence-corrected chi connectivity index (χ3v) is 3.35. The maximum absolute atomic E-state index is 11.9. The number of benzene rings is 1. The fourth-order valence-corrected chi connectivity index (χ4v) is 2.16. The van der Waals surface area contributed by atoms with E-state index in [4.69, 9.17) is 5.73 Å². The van der Waals surface area contributed by atoms with E-state index >= 15 is 0 Å². The van der Waals surface area contributed by atoms with Crippen molar-refractivity contribution in [3.05, 3.63) is 28.3 Å². The first kappa shape index (κ1) is 14.3. The number of nitrogens with one attached hydrogen (secondary N) is 1. The van der Waals surface area contributed by atoms with Crippen LogP contribution in [0.5, 0.6) is 0 Å². The smallest absolute Gasteiger partial charge is 0.292 e. The number of anilines is 1. The van der Waals surface area contributed by atoms with E-state index in [0.717, 1.165) is 18.2 Å². The highest BCUT2D eigenvalue weighted by Gasteiger charge is 2.20. The van der Waals surface area contributed by atoms with E-state index in [0.29, 0.717) is 0 Å². The Morgan fingerprint density at radius 1 is 1.44 bits per heavy atom.